The summed E-state index contributed by atoms with van der Waals surface area (Å²) >= 11 is 7.42. The fraction of sp³-hybridized carbons (Fsp3) is 0.222. The van der Waals surface area contributed by atoms with Crippen LogP contribution in [-0.2, 0) is 11.3 Å². The van der Waals surface area contributed by atoms with Crippen LogP contribution in [0.4, 0.5) is 5.69 Å². The molecule has 27 heavy (non-hydrogen) atoms. The molecule has 2 aromatic carbocycles. The topological polar surface area (TPSA) is 86.7 Å². The maximum Gasteiger partial charge on any atom is 0.281 e. The zero-order valence-corrected chi connectivity index (χ0v) is 16.0. The molecule has 1 amide bonds. The first-order valence-corrected chi connectivity index (χ1v) is 9.40. The van der Waals surface area contributed by atoms with E-state index < -0.39 is 10.8 Å². The number of aromatic nitrogens is 1. The maximum absolute atomic E-state index is 12.7. The van der Waals surface area contributed by atoms with E-state index in [0.717, 1.165) is 16.3 Å². The monoisotopic (exact) mass is 405 g/mol. The first-order valence-electron chi connectivity index (χ1n) is 8.20. The van der Waals surface area contributed by atoms with Crippen LogP contribution in [-0.4, -0.2) is 28.6 Å². The van der Waals surface area contributed by atoms with E-state index >= 15 is 0 Å². The molecule has 0 spiro atoms. The van der Waals surface area contributed by atoms with Gasteiger partial charge in [0, 0.05) is 25.3 Å². The number of benzene rings is 2. The molecule has 0 aliphatic rings. The number of nitro benzene ring substituents is 1. The Morgan fingerprint density at radius 3 is 2.85 bits per heavy atom. The van der Waals surface area contributed by atoms with Crippen LogP contribution in [0.1, 0.15) is 17.3 Å². The van der Waals surface area contributed by atoms with Gasteiger partial charge in [0.1, 0.15) is 0 Å². The average Bonchev–Trinajstić information content (AvgIpc) is 2.99. The Morgan fingerprint density at radius 1 is 1.33 bits per heavy atom. The van der Waals surface area contributed by atoms with Crippen LogP contribution >= 0.6 is 22.9 Å². The molecule has 0 atom stereocenters. The van der Waals surface area contributed by atoms with E-state index in [-0.39, 0.29) is 16.3 Å². The van der Waals surface area contributed by atoms with Crippen LogP contribution in [0.3, 0.4) is 0 Å². The molecule has 0 fully saturated rings. The number of rotatable bonds is 6. The van der Waals surface area contributed by atoms with Gasteiger partial charge >= 0.3 is 0 Å². The summed E-state index contributed by atoms with van der Waals surface area (Å²) in [4.78, 5) is 27.7. The summed E-state index contributed by atoms with van der Waals surface area (Å²) in [5.74, 6) is -0.625. The fourth-order valence-corrected chi connectivity index (χ4v) is 3.81. The number of carbonyl (C=O) groups excluding carboxylic acids is 1. The van der Waals surface area contributed by atoms with Crippen LogP contribution in [0.5, 0.6) is 0 Å². The third-order valence-electron chi connectivity index (χ3n) is 3.84. The SMILES string of the molecule is CCOCCn1c(=NC(=O)c2cc([N+](=O)[O-])ccc2Cl)sc2ccccc21. The van der Waals surface area contributed by atoms with E-state index in [1.165, 1.54) is 23.5 Å². The van der Waals surface area contributed by atoms with Crippen LogP contribution < -0.4 is 4.80 Å². The predicted octanol–water partition coefficient (Wildman–Crippen LogP) is 4.04. The molecule has 0 saturated carbocycles. The summed E-state index contributed by atoms with van der Waals surface area (Å²) in [6.45, 7) is 3.52. The van der Waals surface area contributed by atoms with Gasteiger partial charge in [0.2, 0.25) is 0 Å². The van der Waals surface area contributed by atoms with Crippen molar-refractivity contribution in [2.24, 2.45) is 4.99 Å². The number of fused-ring (bicyclic) bond motifs is 1. The zero-order chi connectivity index (χ0) is 19.4. The van der Waals surface area contributed by atoms with Gasteiger partial charge in [-0.15, -0.1) is 0 Å². The highest BCUT2D eigenvalue weighted by Gasteiger charge is 2.16. The Bertz CT molecular complexity index is 1070. The van der Waals surface area contributed by atoms with Crippen LogP contribution in [0.2, 0.25) is 5.02 Å². The maximum atomic E-state index is 12.7. The average molecular weight is 406 g/mol. The van der Waals surface area contributed by atoms with E-state index in [9.17, 15) is 14.9 Å². The Morgan fingerprint density at radius 2 is 2.11 bits per heavy atom. The van der Waals surface area contributed by atoms with Crippen LogP contribution in [0.15, 0.2) is 47.5 Å². The lowest BCUT2D eigenvalue weighted by atomic mass is 10.2. The van der Waals surface area contributed by atoms with Gasteiger partial charge < -0.3 is 9.30 Å². The molecular formula is C18H16ClN3O4S. The van der Waals surface area contributed by atoms with Gasteiger partial charge in [-0.3, -0.25) is 14.9 Å². The summed E-state index contributed by atoms with van der Waals surface area (Å²) in [5.41, 5.74) is 0.733. The van der Waals surface area contributed by atoms with Crippen molar-refractivity contribution in [3.8, 4) is 0 Å². The smallest absolute Gasteiger partial charge is 0.281 e. The molecule has 0 bridgehead atoms. The molecule has 140 valence electrons. The first kappa shape index (κ1) is 19.2. The normalized spacial score (nSPS) is 11.9. The van der Waals surface area contributed by atoms with Crippen molar-refractivity contribution in [2.45, 2.75) is 13.5 Å². The number of para-hydroxylation sites is 1. The van der Waals surface area contributed by atoms with Crippen molar-refractivity contribution in [1.29, 1.82) is 0 Å². The number of carbonyl (C=O) groups is 1. The van der Waals surface area contributed by atoms with E-state index in [0.29, 0.717) is 24.6 Å². The predicted molar refractivity (Wildman–Crippen MR) is 104 cm³/mol. The molecule has 1 heterocycles. The van der Waals surface area contributed by atoms with E-state index in [1.54, 1.807) is 0 Å². The lowest BCUT2D eigenvalue weighted by molar-refractivity contribution is -0.384. The largest absolute Gasteiger partial charge is 0.380 e. The number of ether oxygens (including phenoxy) is 1. The van der Waals surface area contributed by atoms with E-state index in [1.807, 2.05) is 35.8 Å². The summed E-state index contributed by atoms with van der Waals surface area (Å²) in [6.07, 6.45) is 0. The molecule has 3 aromatic rings. The molecule has 7 nitrogen and oxygen atoms in total. The van der Waals surface area contributed by atoms with Crippen molar-refractivity contribution in [3.05, 3.63) is 68.0 Å². The Labute approximate surface area is 163 Å². The molecule has 1 aromatic heterocycles. The minimum Gasteiger partial charge on any atom is -0.380 e. The third-order valence-corrected chi connectivity index (χ3v) is 5.23. The van der Waals surface area contributed by atoms with E-state index in [2.05, 4.69) is 4.99 Å². The van der Waals surface area contributed by atoms with Crippen LogP contribution in [0, 0.1) is 10.1 Å². The van der Waals surface area contributed by atoms with Gasteiger partial charge in [-0.05, 0) is 25.1 Å². The van der Waals surface area contributed by atoms with Gasteiger partial charge in [-0.1, -0.05) is 35.1 Å². The minimum absolute atomic E-state index is 0.000295. The van der Waals surface area contributed by atoms with Crippen molar-refractivity contribution in [1.82, 2.24) is 4.57 Å². The number of hydrogen-bond donors (Lipinski definition) is 0. The van der Waals surface area contributed by atoms with Crippen molar-refractivity contribution >= 4 is 44.7 Å². The summed E-state index contributed by atoms with van der Waals surface area (Å²) in [5, 5.41) is 11.1. The van der Waals surface area contributed by atoms with Crippen molar-refractivity contribution < 1.29 is 14.5 Å². The van der Waals surface area contributed by atoms with Crippen molar-refractivity contribution in [2.75, 3.05) is 13.2 Å². The minimum atomic E-state index is -0.625. The fourth-order valence-electron chi connectivity index (χ4n) is 2.56. The Balaban J connectivity index is 2.07. The zero-order valence-electron chi connectivity index (χ0n) is 14.4. The van der Waals surface area contributed by atoms with Gasteiger partial charge in [-0.25, -0.2) is 0 Å². The summed E-state index contributed by atoms with van der Waals surface area (Å²) < 4.78 is 8.30. The molecule has 9 heteroatoms. The van der Waals surface area contributed by atoms with Crippen LogP contribution in [0.25, 0.3) is 10.2 Å². The molecule has 0 N–H and O–H groups in total. The third kappa shape index (κ3) is 4.24. The molecule has 3 rings (SSSR count). The molecular weight excluding hydrogens is 390 g/mol. The van der Waals surface area contributed by atoms with E-state index in [4.69, 9.17) is 16.3 Å². The number of hydrogen-bond acceptors (Lipinski definition) is 5. The highest BCUT2D eigenvalue weighted by Crippen LogP contribution is 2.23. The lowest BCUT2D eigenvalue weighted by Gasteiger charge is -2.05. The lowest BCUT2D eigenvalue weighted by Crippen LogP contribution is -2.19. The van der Waals surface area contributed by atoms with Crippen molar-refractivity contribution in [3.63, 3.8) is 0 Å². The summed E-state index contributed by atoms with van der Waals surface area (Å²) in [7, 11) is 0. The molecule has 0 radical (unpaired) electrons. The Kier molecular flexibility index (Phi) is 6.00. The van der Waals surface area contributed by atoms with Gasteiger partial charge in [0.25, 0.3) is 11.6 Å². The van der Waals surface area contributed by atoms with Gasteiger partial charge in [0.15, 0.2) is 4.80 Å². The number of halogens is 1. The molecule has 0 unspecified atom stereocenters. The standard InChI is InChI=1S/C18H16ClN3O4S/c1-2-26-10-9-21-15-5-3-4-6-16(15)27-18(21)20-17(23)13-11-12(22(24)25)7-8-14(13)19/h3-8,11H,2,9-10H2,1H3. The first-order chi connectivity index (χ1) is 13.0. The molecule has 0 saturated heterocycles. The summed E-state index contributed by atoms with van der Waals surface area (Å²) in [6, 6.07) is 11.4. The Hall–Kier alpha value is -2.55. The highest BCUT2D eigenvalue weighted by molar-refractivity contribution is 7.16. The number of nitro groups is 1. The molecule has 0 aliphatic carbocycles. The second-order valence-electron chi connectivity index (χ2n) is 5.54. The quantitative estimate of drug-likeness (QED) is 0.352. The van der Waals surface area contributed by atoms with Gasteiger partial charge in [-0.2, -0.15) is 4.99 Å². The van der Waals surface area contributed by atoms with Gasteiger partial charge in [0.05, 0.1) is 32.3 Å². The number of amides is 1. The number of non-ortho nitro benzene ring substituents is 1. The second-order valence-corrected chi connectivity index (χ2v) is 6.96. The highest BCUT2D eigenvalue weighted by atomic mass is 35.5. The number of nitrogens with zero attached hydrogens (tertiary/aromatic N) is 3. The molecule has 0 aliphatic heterocycles. The second kappa shape index (κ2) is 8.43. The number of thiazole rings is 1.